The standard InChI is InChI=1S/C12H10N4O2/c1-17-10-4-8(5-13)2-3-9(10)18-12-7-15-11(14)6-16-12/h2-4,6-7H,1H3,(H2,14,15). The van der Waals surface area contributed by atoms with E-state index in [4.69, 9.17) is 20.5 Å². The molecule has 0 aliphatic heterocycles. The number of hydrogen-bond donors (Lipinski definition) is 1. The van der Waals surface area contributed by atoms with Crippen LogP contribution in [0.2, 0.25) is 0 Å². The van der Waals surface area contributed by atoms with Gasteiger partial charge in [0.2, 0.25) is 5.88 Å². The van der Waals surface area contributed by atoms with Gasteiger partial charge in [-0.3, -0.25) is 0 Å². The second-order valence-corrected chi connectivity index (χ2v) is 3.36. The quantitative estimate of drug-likeness (QED) is 0.880. The van der Waals surface area contributed by atoms with Gasteiger partial charge in [-0.2, -0.15) is 5.26 Å². The van der Waals surface area contributed by atoms with Gasteiger partial charge in [-0.25, -0.2) is 9.97 Å². The van der Waals surface area contributed by atoms with Gasteiger partial charge in [-0.05, 0) is 12.1 Å². The highest BCUT2D eigenvalue weighted by molar-refractivity contribution is 5.47. The highest BCUT2D eigenvalue weighted by atomic mass is 16.5. The predicted molar refractivity (Wildman–Crippen MR) is 64.2 cm³/mol. The molecule has 2 rings (SSSR count). The lowest BCUT2D eigenvalue weighted by Crippen LogP contribution is -1.95. The summed E-state index contributed by atoms with van der Waals surface area (Å²) < 4.78 is 10.6. The van der Waals surface area contributed by atoms with E-state index in [1.165, 1.54) is 19.5 Å². The third-order valence-electron chi connectivity index (χ3n) is 2.16. The highest BCUT2D eigenvalue weighted by Crippen LogP contribution is 2.31. The smallest absolute Gasteiger partial charge is 0.238 e. The molecule has 0 radical (unpaired) electrons. The monoisotopic (exact) mass is 242 g/mol. The second kappa shape index (κ2) is 5.01. The molecule has 0 aliphatic carbocycles. The maximum absolute atomic E-state index is 8.79. The molecule has 0 saturated carbocycles. The van der Waals surface area contributed by atoms with Crippen molar-refractivity contribution in [1.82, 2.24) is 9.97 Å². The van der Waals surface area contributed by atoms with Crippen molar-refractivity contribution in [2.45, 2.75) is 0 Å². The molecule has 90 valence electrons. The summed E-state index contributed by atoms with van der Waals surface area (Å²) in [7, 11) is 1.50. The molecule has 0 unspecified atom stereocenters. The molecular formula is C12H10N4O2. The zero-order chi connectivity index (χ0) is 13.0. The number of ether oxygens (including phenoxy) is 2. The van der Waals surface area contributed by atoms with Crippen LogP contribution in [0.4, 0.5) is 5.82 Å². The molecule has 2 aromatic rings. The Hall–Kier alpha value is -2.81. The van der Waals surface area contributed by atoms with E-state index in [1.54, 1.807) is 18.2 Å². The molecule has 0 amide bonds. The molecule has 6 nitrogen and oxygen atoms in total. The minimum Gasteiger partial charge on any atom is -0.493 e. The van der Waals surface area contributed by atoms with Crippen LogP contribution in [0.5, 0.6) is 17.4 Å². The number of methoxy groups -OCH3 is 1. The van der Waals surface area contributed by atoms with E-state index in [9.17, 15) is 0 Å². The van der Waals surface area contributed by atoms with Gasteiger partial charge in [-0.15, -0.1) is 0 Å². The second-order valence-electron chi connectivity index (χ2n) is 3.36. The number of hydrogen-bond acceptors (Lipinski definition) is 6. The Morgan fingerprint density at radius 2 is 2.06 bits per heavy atom. The lowest BCUT2D eigenvalue weighted by molar-refractivity contribution is 0.373. The summed E-state index contributed by atoms with van der Waals surface area (Å²) in [6.07, 6.45) is 2.80. The molecule has 0 bridgehead atoms. The van der Waals surface area contributed by atoms with Gasteiger partial charge in [0.25, 0.3) is 0 Å². The van der Waals surface area contributed by atoms with Crippen molar-refractivity contribution in [3.63, 3.8) is 0 Å². The highest BCUT2D eigenvalue weighted by Gasteiger charge is 2.07. The van der Waals surface area contributed by atoms with Crippen LogP contribution in [-0.2, 0) is 0 Å². The van der Waals surface area contributed by atoms with Crippen molar-refractivity contribution >= 4 is 5.82 Å². The third kappa shape index (κ3) is 2.47. The van der Waals surface area contributed by atoms with Crippen LogP contribution in [0.1, 0.15) is 5.56 Å². The Balaban J connectivity index is 2.29. The first-order valence-electron chi connectivity index (χ1n) is 5.06. The summed E-state index contributed by atoms with van der Waals surface area (Å²) in [5.41, 5.74) is 5.91. The van der Waals surface area contributed by atoms with Gasteiger partial charge in [0.15, 0.2) is 11.5 Å². The Morgan fingerprint density at radius 1 is 1.22 bits per heavy atom. The maximum atomic E-state index is 8.79. The van der Waals surface area contributed by atoms with Gasteiger partial charge in [0.05, 0.1) is 31.1 Å². The van der Waals surface area contributed by atoms with Gasteiger partial charge in [0.1, 0.15) is 5.82 Å². The van der Waals surface area contributed by atoms with E-state index in [-0.39, 0.29) is 0 Å². The largest absolute Gasteiger partial charge is 0.493 e. The van der Waals surface area contributed by atoms with Crippen LogP contribution < -0.4 is 15.2 Å². The molecule has 0 aliphatic rings. The van der Waals surface area contributed by atoms with Crippen molar-refractivity contribution < 1.29 is 9.47 Å². The first kappa shape index (κ1) is 11.7. The van der Waals surface area contributed by atoms with Crippen molar-refractivity contribution in [3.8, 4) is 23.4 Å². The molecule has 1 aromatic carbocycles. The molecule has 0 saturated heterocycles. The van der Waals surface area contributed by atoms with Gasteiger partial charge < -0.3 is 15.2 Å². The van der Waals surface area contributed by atoms with Crippen molar-refractivity contribution in [2.75, 3.05) is 12.8 Å². The van der Waals surface area contributed by atoms with E-state index in [2.05, 4.69) is 9.97 Å². The van der Waals surface area contributed by atoms with Crippen LogP contribution in [0.15, 0.2) is 30.6 Å². The minimum absolute atomic E-state index is 0.298. The molecule has 0 spiro atoms. The van der Waals surface area contributed by atoms with E-state index < -0.39 is 0 Å². The summed E-state index contributed by atoms with van der Waals surface area (Å²) in [5.74, 6) is 1.52. The van der Waals surface area contributed by atoms with Crippen LogP contribution in [0.3, 0.4) is 0 Å². The number of nitriles is 1. The Bertz CT molecular complexity index is 590. The molecule has 0 atom stereocenters. The fraction of sp³-hybridized carbons (Fsp3) is 0.0833. The number of rotatable bonds is 3. The Labute approximate surface area is 104 Å². The number of nitrogens with two attached hydrogens (primary N) is 1. The minimum atomic E-state index is 0.298. The topological polar surface area (TPSA) is 94.0 Å². The van der Waals surface area contributed by atoms with E-state index >= 15 is 0 Å². The number of anilines is 1. The van der Waals surface area contributed by atoms with Gasteiger partial charge in [-0.1, -0.05) is 0 Å². The molecule has 1 heterocycles. The van der Waals surface area contributed by atoms with Crippen LogP contribution >= 0.6 is 0 Å². The van der Waals surface area contributed by atoms with E-state index in [0.29, 0.717) is 28.8 Å². The van der Waals surface area contributed by atoms with E-state index in [0.717, 1.165) is 0 Å². The number of nitrogen functional groups attached to an aromatic ring is 1. The zero-order valence-corrected chi connectivity index (χ0v) is 9.62. The normalized spacial score (nSPS) is 9.56. The van der Waals surface area contributed by atoms with Crippen molar-refractivity contribution in [1.29, 1.82) is 5.26 Å². The van der Waals surface area contributed by atoms with Crippen LogP contribution in [-0.4, -0.2) is 17.1 Å². The number of benzene rings is 1. The van der Waals surface area contributed by atoms with Gasteiger partial charge in [0, 0.05) is 6.07 Å². The SMILES string of the molecule is COc1cc(C#N)ccc1Oc1cnc(N)cn1. The summed E-state index contributed by atoms with van der Waals surface area (Å²) in [4.78, 5) is 7.82. The number of aromatic nitrogens is 2. The lowest BCUT2D eigenvalue weighted by Gasteiger charge is -2.09. The predicted octanol–water partition coefficient (Wildman–Crippen LogP) is 1.73. The fourth-order valence-electron chi connectivity index (χ4n) is 1.31. The zero-order valence-electron chi connectivity index (χ0n) is 9.62. The first-order chi connectivity index (χ1) is 8.72. The average Bonchev–Trinajstić information content (AvgIpc) is 2.41. The molecular weight excluding hydrogens is 232 g/mol. The summed E-state index contributed by atoms with van der Waals surface area (Å²) in [5, 5.41) is 8.79. The summed E-state index contributed by atoms with van der Waals surface area (Å²) in [6, 6.07) is 6.87. The number of nitrogens with zero attached hydrogens (tertiary/aromatic N) is 3. The Kier molecular flexibility index (Phi) is 3.25. The first-order valence-corrected chi connectivity index (χ1v) is 5.06. The molecule has 2 N–H and O–H groups in total. The van der Waals surface area contributed by atoms with Gasteiger partial charge >= 0.3 is 0 Å². The van der Waals surface area contributed by atoms with E-state index in [1.807, 2.05) is 6.07 Å². The van der Waals surface area contributed by atoms with Crippen LogP contribution in [0, 0.1) is 11.3 Å². The summed E-state index contributed by atoms with van der Waals surface area (Å²) in [6.45, 7) is 0. The lowest BCUT2D eigenvalue weighted by atomic mass is 10.2. The summed E-state index contributed by atoms with van der Waals surface area (Å²) >= 11 is 0. The van der Waals surface area contributed by atoms with Crippen LogP contribution in [0.25, 0.3) is 0 Å². The fourth-order valence-corrected chi connectivity index (χ4v) is 1.31. The Morgan fingerprint density at radius 3 is 2.67 bits per heavy atom. The molecule has 6 heteroatoms. The van der Waals surface area contributed by atoms with Crippen molar-refractivity contribution in [2.24, 2.45) is 0 Å². The third-order valence-corrected chi connectivity index (χ3v) is 2.16. The maximum Gasteiger partial charge on any atom is 0.238 e. The average molecular weight is 242 g/mol. The molecule has 1 aromatic heterocycles. The molecule has 18 heavy (non-hydrogen) atoms. The molecule has 0 fully saturated rings. The van der Waals surface area contributed by atoms with Crippen molar-refractivity contribution in [3.05, 3.63) is 36.2 Å².